The summed E-state index contributed by atoms with van der Waals surface area (Å²) in [6.45, 7) is 5.47. The average Bonchev–Trinajstić information content (AvgIpc) is 3.21. The normalized spacial score (nSPS) is 17.7. The number of hydrogen-bond acceptors (Lipinski definition) is 13. The molecule has 1 unspecified atom stereocenters. The number of hydrogen-bond donors (Lipinski definition) is 9. The average molecular weight is 839 g/mol. The molecule has 3 aromatic rings. The Morgan fingerprint density at radius 3 is 2.37 bits per heavy atom. The van der Waals surface area contributed by atoms with Gasteiger partial charge in [-0.25, -0.2) is 9.97 Å². The molecule has 16 nitrogen and oxygen atoms in total. The molecule has 0 bridgehead atoms. The quantitative estimate of drug-likeness (QED) is 0.0337. The number of nitrogens with zero attached hydrogens (tertiary/aromatic N) is 3. The minimum absolute atomic E-state index is 0.0823. The Bertz CT molecular complexity index is 1740. The summed E-state index contributed by atoms with van der Waals surface area (Å²) in [6, 6.07) is 17.5. The Hall–Kier alpha value is -4.42. The minimum atomic E-state index is -0.816. The Morgan fingerprint density at radius 1 is 0.949 bits per heavy atom. The number of nitrogens with one attached hydrogen (secondary N) is 4. The molecule has 1 fully saturated rings. The lowest BCUT2D eigenvalue weighted by atomic mass is 10.0. The zero-order valence-corrected chi connectivity index (χ0v) is 34.8. The number of nitrogen functional groups attached to an aromatic ring is 2. The van der Waals surface area contributed by atoms with Gasteiger partial charge in [0.05, 0.1) is 24.9 Å². The van der Waals surface area contributed by atoms with Crippen LogP contribution in [0.1, 0.15) is 98.2 Å². The topological polar surface area (TPSA) is 260 Å². The number of benzene rings is 2. The number of carbonyl (C=O) groups is 2. The number of guanidine groups is 1. The zero-order chi connectivity index (χ0) is 42.6. The number of ether oxygens (including phenoxy) is 2. The van der Waals surface area contributed by atoms with Gasteiger partial charge in [-0.05, 0) is 75.7 Å². The van der Waals surface area contributed by atoms with Gasteiger partial charge in [0.15, 0.2) is 34.7 Å². The van der Waals surface area contributed by atoms with Gasteiger partial charge >= 0.3 is 0 Å². The molecular formula is C42H63ClN10O6. The summed E-state index contributed by atoms with van der Waals surface area (Å²) >= 11 is 5.84. The van der Waals surface area contributed by atoms with Crippen LogP contribution in [0.2, 0.25) is 5.15 Å². The standard InChI is InChI=1S/C42H63ClN10O6/c1-2-3-4-10-23-53(26-31(54)25-34-33(55)27-58-41(59-34)30-13-6-5-7-14-30)24-11-22-48-32(39(46)56)20-19-29-17-15-28(16-18-29)12-8-9-21-49-42(47)52-40(57)35-37(44)51-38(45)36(43)50-35/h5-7,13-18,31-34,41,48,54-55H,2-4,8-12,19-27H2,1H3,(H2,46,56)(H4,44,45,51)(H3,47,49,52,57)/t31-,32+,33-,34+,41?/m1/s1. The Kier molecular flexibility index (Phi) is 20.2. The van der Waals surface area contributed by atoms with Crippen LogP contribution in [-0.2, 0) is 27.1 Å². The van der Waals surface area contributed by atoms with Crippen LogP contribution in [0.4, 0.5) is 11.6 Å². The lowest BCUT2D eigenvalue weighted by molar-refractivity contribution is -0.261. The summed E-state index contributed by atoms with van der Waals surface area (Å²) < 4.78 is 11.8. The van der Waals surface area contributed by atoms with Crippen LogP contribution in [0.5, 0.6) is 0 Å². The molecule has 1 aliphatic rings. The van der Waals surface area contributed by atoms with Gasteiger partial charge in [0, 0.05) is 25.1 Å². The second-order valence-electron chi connectivity index (χ2n) is 15.0. The molecule has 2 amide bonds. The predicted octanol–water partition coefficient (Wildman–Crippen LogP) is 3.45. The van der Waals surface area contributed by atoms with E-state index in [9.17, 15) is 19.8 Å². The maximum atomic E-state index is 12.4. The highest BCUT2D eigenvalue weighted by Gasteiger charge is 2.33. The fraction of sp³-hybridized carbons (Fsp3) is 0.548. The number of primary amides is 1. The lowest BCUT2D eigenvalue weighted by Crippen LogP contribution is -2.45. The number of amides is 2. The van der Waals surface area contributed by atoms with Crippen molar-refractivity contribution in [3.05, 3.63) is 82.1 Å². The summed E-state index contributed by atoms with van der Waals surface area (Å²) in [4.78, 5) is 34.6. The first-order chi connectivity index (χ1) is 28.4. The maximum absolute atomic E-state index is 12.4. The molecule has 0 saturated carbocycles. The van der Waals surface area contributed by atoms with E-state index in [0.717, 1.165) is 75.6 Å². The molecule has 4 rings (SSSR count). The molecule has 2 aromatic carbocycles. The highest BCUT2D eigenvalue weighted by molar-refractivity contribution is 6.31. The number of carbonyl (C=O) groups excluding carboxylic acids is 2. The van der Waals surface area contributed by atoms with Crippen LogP contribution in [-0.4, -0.2) is 107 Å². The molecule has 0 radical (unpaired) electrons. The molecule has 5 atom stereocenters. The second kappa shape index (κ2) is 25.3. The van der Waals surface area contributed by atoms with Crippen LogP contribution in [0.25, 0.3) is 0 Å². The van der Waals surface area contributed by atoms with E-state index in [4.69, 9.17) is 43.7 Å². The van der Waals surface area contributed by atoms with Gasteiger partial charge in [0.25, 0.3) is 5.91 Å². The highest BCUT2D eigenvalue weighted by Crippen LogP contribution is 2.28. The van der Waals surface area contributed by atoms with Crippen LogP contribution in [0.3, 0.4) is 0 Å². The van der Waals surface area contributed by atoms with E-state index in [0.29, 0.717) is 38.9 Å². The number of aliphatic hydroxyl groups is 2. The Morgan fingerprint density at radius 2 is 1.66 bits per heavy atom. The second-order valence-corrected chi connectivity index (χ2v) is 15.4. The molecule has 324 valence electrons. The molecule has 0 spiro atoms. The monoisotopic (exact) mass is 838 g/mol. The summed E-state index contributed by atoms with van der Waals surface area (Å²) in [5.74, 6) is -1.55. The van der Waals surface area contributed by atoms with E-state index in [1.807, 2.05) is 30.3 Å². The third-order valence-corrected chi connectivity index (χ3v) is 10.5. The molecule has 1 aromatic heterocycles. The minimum Gasteiger partial charge on any atom is -0.392 e. The van der Waals surface area contributed by atoms with Gasteiger partial charge in [-0.1, -0.05) is 92.4 Å². The molecule has 17 heteroatoms. The van der Waals surface area contributed by atoms with Gasteiger partial charge < -0.3 is 52.4 Å². The smallest absolute Gasteiger partial charge is 0.280 e. The van der Waals surface area contributed by atoms with E-state index in [1.54, 1.807) is 0 Å². The van der Waals surface area contributed by atoms with Gasteiger partial charge in [-0.2, -0.15) is 0 Å². The maximum Gasteiger partial charge on any atom is 0.280 e. The summed E-state index contributed by atoms with van der Waals surface area (Å²) in [7, 11) is 0. The van der Waals surface area contributed by atoms with Crippen molar-refractivity contribution in [3.63, 3.8) is 0 Å². The van der Waals surface area contributed by atoms with E-state index in [1.165, 1.54) is 5.56 Å². The molecule has 1 saturated heterocycles. The molecule has 1 aliphatic heterocycles. The van der Waals surface area contributed by atoms with Crippen molar-refractivity contribution < 1.29 is 29.3 Å². The first-order valence-electron chi connectivity index (χ1n) is 20.7. The third-order valence-electron chi connectivity index (χ3n) is 10.2. The number of aromatic nitrogens is 2. The summed E-state index contributed by atoms with van der Waals surface area (Å²) in [5.41, 5.74) is 20.0. The van der Waals surface area contributed by atoms with Gasteiger partial charge in [-0.15, -0.1) is 0 Å². The van der Waals surface area contributed by atoms with Crippen molar-refractivity contribution >= 4 is 41.0 Å². The molecular weight excluding hydrogens is 776 g/mol. The fourth-order valence-corrected chi connectivity index (χ4v) is 7.00. The zero-order valence-electron chi connectivity index (χ0n) is 34.1. The van der Waals surface area contributed by atoms with E-state index in [-0.39, 0.29) is 41.0 Å². The summed E-state index contributed by atoms with van der Waals surface area (Å²) in [6.07, 6.45) is 6.65. The lowest BCUT2D eigenvalue weighted by Gasteiger charge is -2.36. The number of aliphatic hydroxyl groups excluding tert-OH is 2. The van der Waals surface area contributed by atoms with Crippen LogP contribution >= 0.6 is 11.6 Å². The van der Waals surface area contributed by atoms with Crippen molar-refractivity contribution in [3.8, 4) is 0 Å². The van der Waals surface area contributed by atoms with Crippen molar-refractivity contribution in [2.24, 2.45) is 5.73 Å². The Balaban J connectivity index is 1.14. The largest absolute Gasteiger partial charge is 0.392 e. The third kappa shape index (κ3) is 16.6. The van der Waals surface area contributed by atoms with E-state index >= 15 is 0 Å². The first kappa shape index (κ1) is 47.3. The number of rotatable bonds is 25. The van der Waals surface area contributed by atoms with Crippen molar-refractivity contribution in [1.82, 2.24) is 30.8 Å². The number of nitrogens with two attached hydrogens (primary N) is 3. The fourth-order valence-electron chi connectivity index (χ4n) is 6.88. The molecule has 59 heavy (non-hydrogen) atoms. The van der Waals surface area contributed by atoms with Gasteiger partial charge in [0.2, 0.25) is 5.91 Å². The SMILES string of the molecule is CCCCCCN(CCCN[C@@H](CCc1ccc(CCCCNC(=N)NC(=O)c2nc(Cl)c(N)nc2N)cc1)C(N)=O)C[C@H](O)C[C@@H]1OC(c2ccccc2)OC[C@H]1O. The van der Waals surface area contributed by atoms with Crippen LogP contribution < -0.4 is 33.2 Å². The molecule has 0 aliphatic carbocycles. The summed E-state index contributed by atoms with van der Waals surface area (Å²) in [5, 5.41) is 38.2. The van der Waals surface area contributed by atoms with E-state index < -0.39 is 36.6 Å². The Labute approximate surface area is 352 Å². The number of halogens is 1. The van der Waals surface area contributed by atoms with Crippen molar-refractivity contribution in [2.45, 2.75) is 108 Å². The number of unbranched alkanes of at least 4 members (excludes halogenated alkanes) is 4. The molecule has 2 heterocycles. The highest BCUT2D eigenvalue weighted by atomic mass is 35.5. The number of anilines is 2. The number of aryl methyl sites for hydroxylation is 2. The predicted molar refractivity (Wildman–Crippen MR) is 230 cm³/mol. The van der Waals surface area contributed by atoms with Crippen molar-refractivity contribution in [2.75, 3.05) is 50.8 Å². The van der Waals surface area contributed by atoms with Crippen LogP contribution in [0.15, 0.2) is 54.6 Å². The van der Waals surface area contributed by atoms with Gasteiger partial charge in [-0.3, -0.25) is 20.3 Å². The van der Waals surface area contributed by atoms with E-state index in [2.05, 4.69) is 62.0 Å². The van der Waals surface area contributed by atoms with Crippen LogP contribution in [0, 0.1) is 5.41 Å². The van der Waals surface area contributed by atoms with Gasteiger partial charge in [0.1, 0.15) is 6.10 Å². The first-order valence-corrected chi connectivity index (χ1v) is 21.0. The van der Waals surface area contributed by atoms with Crippen molar-refractivity contribution in [1.29, 1.82) is 5.41 Å². The molecule has 12 N–H and O–H groups in total.